The van der Waals surface area contributed by atoms with Crippen LogP contribution in [0.25, 0.3) is 0 Å². The molecule has 0 aliphatic heterocycles. The van der Waals surface area contributed by atoms with Gasteiger partial charge in [0.15, 0.2) is 11.5 Å². The van der Waals surface area contributed by atoms with Crippen molar-refractivity contribution in [1.29, 1.82) is 0 Å². The van der Waals surface area contributed by atoms with E-state index in [9.17, 15) is 10.2 Å². The van der Waals surface area contributed by atoms with Crippen LogP contribution in [0.4, 0.5) is 0 Å². The van der Waals surface area contributed by atoms with Gasteiger partial charge in [0.05, 0.1) is 12.7 Å². The minimum atomic E-state index is -0.506. The van der Waals surface area contributed by atoms with Crippen molar-refractivity contribution in [1.82, 2.24) is 0 Å². The third kappa shape index (κ3) is 2.07. The Morgan fingerprint density at radius 2 is 2.07 bits per heavy atom. The van der Waals surface area contributed by atoms with Gasteiger partial charge in [0.25, 0.3) is 0 Å². The summed E-state index contributed by atoms with van der Waals surface area (Å²) in [7, 11) is 1.53. The van der Waals surface area contributed by atoms with Crippen molar-refractivity contribution in [3.63, 3.8) is 0 Å². The van der Waals surface area contributed by atoms with E-state index in [1.165, 1.54) is 7.11 Å². The van der Waals surface area contributed by atoms with Gasteiger partial charge in [0.2, 0.25) is 0 Å². The predicted octanol–water partition coefficient (Wildman–Crippen LogP) is 1.78. The number of benzene rings is 1. The Morgan fingerprint density at radius 1 is 1.40 bits per heavy atom. The summed E-state index contributed by atoms with van der Waals surface area (Å²) in [5, 5.41) is 19.5. The first-order valence-corrected chi connectivity index (χ1v) is 5.13. The monoisotopic (exact) mass is 208 g/mol. The van der Waals surface area contributed by atoms with Gasteiger partial charge in [-0.3, -0.25) is 0 Å². The molecule has 2 N–H and O–H groups in total. The highest BCUT2D eigenvalue weighted by atomic mass is 16.5. The summed E-state index contributed by atoms with van der Waals surface area (Å²) in [4.78, 5) is 0. The van der Waals surface area contributed by atoms with Crippen LogP contribution in [-0.2, 0) is 6.42 Å². The summed E-state index contributed by atoms with van der Waals surface area (Å²) in [6.07, 6.45) is 2.38. The molecule has 0 bridgehead atoms. The van der Waals surface area contributed by atoms with E-state index >= 15 is 0 Å². The van der Waals surface area contributed by atoms with Crippen molar-refractivity contribution in [3.8, 4) is 11.5 Å². The van der Waals surface area contributed by atoms with E-state index in [2.05, 4.69) is 0 Å². The SMILES string of the molecule is COc1cc(CC2(O)CC2)cc(C)c1O. The zero-order chi connectivity index (χ0) is 11.1. The Hall–Kier alpha value is -1.22. The quantitative estimate of drug-likeness (QED) is 0.796. The van der Waals surface area contributed by atoms with Gasteiger partial charge in [-0.05, 0) is 37.0 Å². The molecule has 0 heterocycles. The molecule has 3 nitrogen and oxygen atoms in total. The number of rotatable bonds is 3. The molecule has 1 saturated carbocycles. The first kappa shape index (κ1) is 10.3. The first-order valence-electron chi connectivity index (χ1n) is 5.13. The molecule has 2 rings (SSSR count). The molecule has 0 radical (unpaired) electrons. The average molecular weight is 208 g/mol. The van der Waals surface area contributed by atoms with Crippen LogP contribution in [0.3, 0.4) is 0 Å². The normalized spacial score (nSPS) is 17.5. The molecular weight excluding hydrogens is 192 g/mol. The highest BCUT2D eigenvalue weighted by Crippen LogP contribution is 2.40. The molecule has 15 heavy (non-hydrogen) atoms. The minimum Gasteiger partial charge on any atom is -0.504 e. The number of aromatic hydroxyl groups is 1. The van der Waals surface area contributed by atoms with Gasteiger partial charge in [-0.15, -0.1) is 0 Å². The average Bonchev–Trinajstić information content (AvgIpc) is 2.89. The fourth-order valence-electron chi connectivity index (χ4n) is 1.78. The van der Waals surface area contributed by atoms with Crippen LogP contribution in [0.5, 0.6) is 11.5 Å². The standard InChI is InChI=1S/C12H16O3/c1-8-5-9(7-12(14)3-4-12)6-10(15-2)11(8)13/h5-6,13-14H,3-4,7H2,1-2H3. The second-order valence-corrected chi connectivity index (χ2v) is 4.36. The van der Waals surface area contributed by atoms with Crippen LogP contribution < -0.4 is 4.74 Å². The van der Waals surface area contributed by atoms with E-state index in [1.807, 2.05) is 13.0 Å². The summed E-state index contributed by atoms with van der Waals surface area (Å²) in [6.45, 7) is 1.83. The van der Waals surface area contributed by atoms with E-state index in [1.54, 1.807) is 6.07 Å². The maximum atomic E-state index is 9.80. The van der Waals surface area contributed by atoms with Crippen LogP contribution in [0.1, 0.15) is 24.0 Å². The molecular formula is C12H16O3. The highest BCUT2D eigenvalue weighted by Gasteiger charge is 2.40. The summed E-state index contributed by atoms with van der Waals surface area (Å²) >= 11 is 0. The molecule has 0 amide bonds. The summed E-state index contributed by atoms with van der Waals surface area (Å²) in [6, 6.07) is 3.69. The van der Waals surface area contributed by atoms with Crippen LogP contribution in [-0.4, -0.2) is 22.9 Å². The Balaban J connectivity index is 2.28. The number of hydrogen-bond donors (Lipinski definition) is 2. The van der Waals surface area contributed by atoms with Crippen molar-refractivity contribution in [2.24, 2.45) is 0 Å². The minimum absolute atomic E-state index is 0.184. The molecule has 1 aromatic rings. The number of methoxy groups -OCH3 is 1. The Bertz CT molecular complexity index is 381. The molecule has 0 spiro atoms. The van der Waals surface area contributed by atoms with Crippen molar-refractivity contribution in [2.45, 2.75) is 31.8 Å². The van der Waals surface area contributed by atoms with Crippen molar-refractivity contribution in [2.75, 3.05) is 7.11 Å². The lowest BCUT2D eigenvalue weighted by Gasteiger charge is -2.12. The molecule has 0 atom stereocenters. The number of phenols is 1. The van der Waals surface area contributed by atoms with Crippen molar-refractivity contribution < 1.29 is 14.9 Å². The molecule has 82 valence electrons. The molecule has 1 fully saturated rings. The lowest BCUT2D eigenvalue weighted by atomic mass is 10.0. The lowest BCUT2D eigenvalue weighted by molar-refractivity contribution is 0.151. The van der Waals surface area contributed by atoms with Gasteiger partial charge in [-0.1, -0.05) is 6.07 Å². The summed E-state index contributed by atoms with van der Waals surface area (Å²) in [5.41, 5.74) is 1.30. The van der Waals surface area contributed by atoms with Gasteiger partial charge in [0.1, 0.15) is 0 Å². The van der Waals surface area contributed by atoms with Gasteiger partial charge < -0.3 is 14.9 Å². The molecule has 0 aromatic heterocycles. The van der Waals surface area contributed by atoms with Crippen LogP contribution in [0.2, 0.25) is 0 Å². The number of aryl methyl sites for hydroxylation is 1. The zero-order valence-electron chi connectivity index (χ0n) is 9.08. The topological polar surface area (TPSA) is 49.7 Å². The molecule has 1 aliphatic carbocycles. The third-order valence-electron chi connectivity index (χ3n) is 2.91. The summed E-state index contributed by atoms with van der Waals surface area (Å²) in [5.74, 6) is 0.665. The molecule has 0 saturated heterocycles. The second-order valence-electron chi connectivity index (χ2n) is 4.36. The molecule has 0 unspecified atom stereocenters. The van der Waals surface area contributed by atoms with E-state index in [-0.39, 0.29) is 5.75 Å². The maximum Gasteiger partial charge on any atom is 0.161 e. The fraction of sp³-hybridized carbons (Fsp3) is 0.500. The maximum absolute atomic E-state index is 9.80. The number of aliphatic hydroxyl groups is 1. The largest absolute Gasteiger partial charge is 0.504 e. The van der Waals surface area contributed by atoms with Gasteiger partial charge in [-0.2, -0.15) is 0 Å². The molecule has 3 heteroatoms. The Kier molecular flexibility index (Phi) is 2.35. The molecule has 1 aliphatic rings. The van der Waals surface area contributed by atoms with Crippen molar-refractivity contribution in [3.05, 3.63) is 23.3 Å². The smallest absolute Gasteiger partial charge is 0.161 e. The van der Waals surface area contributed by atoms with Gasteiger partial charge in [-0.25, -0.2) is 0 Å². The van der Waals surface area contributed by atoms with E-state index < -0.39 is 5.60 Å². The van der Waals surface area contributed by atoms with Crippen molar-refractivity contribution >= 4 is 0 Å². The zero-order valence-corrected chi connectivity index (χ0v) is 9.08. The highest BCUT2D eigenvalue weighted by molar-refractivity contribution is 5.48. The van der Waals surface area contributed by atoms with Crippen LogP contribution in [0, 0.1) is 6.92 Å². The predicted molar refractivity (Wildman–Crippen MR) is 57.3 cm³/mol. The van der Waals surface area contributed by atoms with Gasteiger partial charge in [0, 0.05) is 6.42 Å². The fourth-order valence-corrected chi connectivity index (χ4v) is 1.78. The second kappa shape index (κ2) is 3.42. The van der Waals surface area contributed by atoms with E-state index in [0.717, 1.165) is 24.0 Å². The van der Waals surface area contributed by atoms with E-state index in [4.69, 9.17) is 4.74 Å². The lowest BCUT2D eigenvalue weighted by Crippen LogP contribution is -2.10. The summed E-state index contributed by atoms with van der Waals surface area (Å²) < 4.78 is 5.07. The molecule has 1 aromatic carbocycles. The number of phenolic OH excluding ortho intramolecular Hbond substituents is 1. The van der Waals surface area contributed by atoms with E-state index in [0.29, 0.717) is 12.2 Å². The number of ether oxygens (including phenoxy) is 1. The van der Waals surface area contributed by atoms with Crippen LogP contribution >= 0.6 is 0 Å². The number of hydrogen-bond acceptors (Lipinski definition) is 3. The van der Waals surface area contributed by atoms with Gasteiger partial charge >= 0.3 is 0 Å². The Morgan fingerprint density at radius 3 is 2.60 bits per heavy atom. The first-order chi connectivity index (χ1) is 7.04. The Labute approximate surface area is 89.3 Å². The van der Waals surface area contributed by atoms with Crippen LogP contribution in [0.15, 0.2) is 12.1 Å². The third-order valence-corrected chi connectivity index (χ3v) is 2.91.